The van der Waals surface area contributed by atoms with Crippen molar-refractivity contribution in [3.05, 3.63) is 0 Å². The summed E-state index contributed by atoms with van der Waals surface area (Å²) in [6.07, 6.45) is 8.42. The molecule has 1 aromatic heterocycles. The molecule has 3 fully saturated rings. The van der Waals surface area contributed by atoms with Crippen molar-refractivity contribution < 1.29 is 4.79 Å². The van der Waals surface area contributed by atoms with Gasteiger partial charge < -0.3 is 9.80 Å². The van der Waals surface area contributed by atoms with Crippen LogP contribution < -0.4 is 4.90 Å². The first-order valence-electron chi connectivity index (χ1n) is 9.36. The summed E-state index contributed by atoms with van der Waals surface area (Å²) in [6, 6.07) is 0.926. The Morgan fingerprint density at radius 2 is 1.83 bits per heavy atom. The number of aromatic nitrogens is 3. The van der Waals surface area contributed by atoms with E-state index in [4.69, 9.17) is 0 Å². The fourth-order valence-electron chi connectivity index (χ4n) is 3.83. The molecule has 132 valence electrons. The predicted molar refractivity (Wildman–Crippen MR) is 95.5 cm³/mol. The van der Waals surface area contributed by atoms with Gasteiger partial charge in [-0.3, -0.25) is 9.36 Å². The smallest absolute Gasteiger partial charge is 0.233 e. The third-order valence-corrected chi connectivity index (χ3v) is 6.32. The molecule has 1 amide bonds. The predicted octanol–water partition coefficient (Wildman–Crippen LogP) is 2.71. The van der Waals surface area contributed by atoms with Crippen molar-refractivity contribution in [2.45, 2.75) is 69.1 Å². The van der Waals surface area contributed by atoms with Gasteiger partial charge in [-0.2, -0.15) is 0 Å². The lowest BCUT2D eigenvalue weighted by Crippen LogP contribution is -2.43. The van der Waals surface area contributed by atoms with Crippen LogP contribution in [-0.4, -0.2) is 57.0 Å². The van der Waals surface area contributed by atoms with Gasteiger partial charge in [-0.25, -0.2) is 0 Å². The van der Waals surface area contributed by atoms with Gasteiger partial charge in [0.05, 0.1) is 5.75 Å². The Morgan fingerprint density at radius 3 is 2.54 bits per heavy atom. The number of nitrogens with zero attached hydrogens (tertiary/aromatic N) is 5. The van der Waals surface area contributed by atoms with E-state index in [1.54, 1.807) is 11.8 Å². The van der Waals surface area contributed by atoms with E-state index in [1.165, 1.54) is 32.1 Å². The molecule has 2 aliphatic heterocycles. The van der Waals surface area contributed by atoms with Crippen molar-refractivity contribution in [2.24, 2.45) is 0 Å². The van der Waals surface area contributed by atoms with E-state index in [9.17, 15) is 4.79 Å². The summed E-state index contributed by atoms with van der Waals surface area (Å²) in [7, 11) is 0. The van der Waals surface area contributed by atoms with Gasteiger partial charge in [-0.1, -0.05) is 11.8 Å². The van der Waals surface area contributed by atoms with Crippen molar-refractivity contribution in [2.75, 3.05) is 30.3 Å². The highest BCUT2D eigenvalue weighted by Gasteiger charge is 2.33. The van der Waals surface area contributed by atoms with Crippen LogP contribution in [0, 0.1) is 0 Å². The van der Waals surface area contributed by atoms with Crippen LogP contribution in [0.15, 0.2) is 5.16 Å². The molecule has 3 heterocycles. The number of thioether (sulfide) groups is 1. The standard InChI is InChI=1S/C17H27N5OS/c1-13-6-2-3-11-21(13)15(23)12-24-17-19-18-16(20-9-4-5-10-20)22(17)14-7-8-14/h13-14H,2-12H2,1H3. The molecular formula is C17H27N5OS. The SMILES string of the molecule is CC1CCCCN1C(=O)CSc1nnc(N2CCCC2)n1C1CC1. The van der Waals surface area contributed by atoms with Gasteiger partial charge in [0, 0.05) is 31.7 Å². The van der Waals surface area contributed by atoms with E-state index >= 15 is 0 Å². The third-order valence-electron chi connectivity index (χ3n) is 5.40. The highest BCUT2D eigenvalue weighted by Crippen LogP contribution is 2.41. The van der Waals surface area contributed by atoms with Gasteiger partial charge in [-0.15, -0.1) is 10.2 Å². The molecule has 0 bridgehead atoms. The number of piperidine rings is 1. The molecule has 1 unspecified atom stereocenters. The first-order valence-corrected chi connectivity index (χ1v) is 10.3. The Morgan fingerprint density at radius 1 is 1.08 bits per heavy atom. The molecule has 1 aromatic rings. The molecule has 3 aliphatic rings. The Balaban J connectivity index is 1.43. The zero-order valence-electron chi connectivity index (χ0n) is 14.5. The van der Waals surface area contributed by atoms with Gasteiger partial charge in [0.2, 0.25) is 11.9 Å². The molecule has 0 N–H and O–H groups in total. The van der Waals surface area contributed by atoms with Crippen LogP contribution in [0.1, 0.15) is 57.9 Å². The minimum atomic E-state index is 0.250. The van der Waals surface area contributed by atoms with Gasteiger partial charge in [0.15, 0.2) is 5.16 Å². The molecular weight excluding hydrogens is 322 g/mol. The number of amides is 1. The average Bonchev–Trinajstić information content (AvgIpc) is 3.11. The van der Waals surface area contributed by atoms with E-state index in [2.05, 4.69) is 31.5 Å². The average molecular weight is 350 g/mol. The first kappa shape index (κ1) is 16.2. The highest BCUT2D eigenvalue weighted by molar-refractivity contribution is 7.99. The number of rotatable bonds is 5. The largest absolute Gasteiger partial charge is 0.341 e. The molecule has 24 heavy (non-hydrogen) atoms. The van der Waals surface area contributed by atoms with Crippen LogP contribution in [0.2, 0.25) is 0 Å². The summed E-state index contributed by atoms with van der Waals surface area (Å²) >= 11 is 1.57. The molecule has 0 spiro atoms. The number of hydrogen-bond acceptors (Lipinski definition) is 5. The third kappa shape index (κ3) is 3.27. The van der Waals surface area contributed by atoms with Crippen LogP contribution in [0.5, 0.6) is 0 Å². The van der Waals surface area contributed by atoms with Crippen LogP contribution in [0.4, 0.5) is 5.95 Å². The molecule has 7 heteroatoms. The van der Waals surface area contributed by atoms with Gasteiger partial charge in [-0.05, 0) is 51.9 Å². The van der Waals surface area contributed by atoms with Crippen LogP contribution in [0.25, 0.3) is 0 Å². The second kappa shape index (κ2) is 6.94. The molecule has 1 saturated carbocycles. The van der Waals surface area contributed by atoms with Gasteiger partial charge in [0.1, 0.15) is 0 Å². The second-order valence-corrected chi connectivity index (χ2v) is 8.24. The maximum absolute atomic E-state index is 12.6. The summed E-state index contributed by atoms with van der Waals surface area (Å²) < 4.78 is 2.29. The maximum atomic E-state index is 12.6. The number of hydrogen-bond donors (Lipinski definition) is 0. The van der Waals surface area contributed by atoms with E-state index < -0.39 is 0 Å². The summed E-state index contributed by atoms with van der Waals surface area (Å²) in [5, 5.41) is 9.81. The normalized spacial score (nSPS) is 24.6. The van der Waals surface area contributed by atoms with Crippen molar-refractivity contribution >= 4 is 23.6 Å². The van der Waals surface area contributed by atoms with Gasteiger partial charge >= 0.3 is 0 Å². The summed E-state index contributed by atoms with van der Waals surface area (Å²) in [4.78, 5) is 17.0. The van der Waals surface area contributed by atoms with E-state index in [0.29, 0.717) is 17.8 Å². The second-order valence-electron chi connectivity index (χ2n) is 7.30. The minimum absolute atomic E-state index is 0.250. The monoisotopic (exact) mass is 349 g/mol. The zero-order chi connectivity index (χ0) is 16.5. The Hall–Kier alpha value is -1.24. The van der Waals surface area contributed by atoms with Crippen LogP contribution in [0.3, 0.4) is 0 Å². The van der Waals surface area contributed by atoms with Crippen molar-refractivity contribution in [1.82, 2.24) is 19.7 Å². The lowest BCUT2D eigenvalue weighted by atomic mass is 10.0. The molecule has 1 atom stereocenters. The first-order chi connectivity index (χ1) is 11.7. The Kier molecular flexibility index (Phi) is 4.70. The summed E-state index contributed by atoms with van der Waals surface area (Å²) in [6.45, 7) is 5.24. The van der Waals surface area contributed by atoms with E-state index in [0.717, 1.165) is 43.6 Å². The lowest BCUT2D eigenvalue weighted by Gasteiger charge is -2.33. The Bertz CT molecular complexity index is 594. The number of anilines is 1. The molecule has 0 aromatic carbocycles. The fourth-order valence-corrected chi connectivity index (χ4v) is 4.72. The maximum Gasteiger partial charge on any atom is 0.233 e. The summed E-state index contributed by atoms with van der Waals surface area (Å²) in [5.41, 5.74) is 0. The highest BCUT2D eigenvalue weighted by atomic mass is 32.2. The van der Waals surface area contributed by atoms with Gasteiger partial charge in [0.25, 0.3) is 0 Å². The van der Waals surface area contributed by atoms with Crippen molar-refractivity contribution in [3.63, 3.8) is 0 Å². The topological polar surface area (TPSA) is 54.3 Å². The molecule has 0 radical (unpaired) electrons. The molecule has 6 nitrogen and oxygen atoms in total. The number of likely N-dealkylation sites (tertiary alicyclic amines) is 1. The number of carbonyl (C=O) groups is 1. The fraction of sp³-hybridized carbons (Fsp3) is 0.824. The summed E-state index contributed by atoms with van der Waals surface area (Å²) in [5.74, 6) is 1.76. The van der Waals surface area contributed by atoms with E-state index in [-0.39, 0.29) is 5.91 Å². The molecule has 1 aliphatic carbocycles. The van der Waals surface area contributed by atoms with Crippen LogP contribution in [-0.2, 0) is 4.79 Å². The quantitative estimate of drug-likeness (QED) is 0.765. The van der Waals surface area contributed by atoms with Crippen molar-refractivity contribution in [1.29, 1.82) is 0 Å². The Labute approximate surface area is 148 Å². The minimum Gasteiger partial charge on any atom is -0.341 e. The number of carbonyl (C=O) groups excluding carboxylic acids is 1. The van der Waals surface area contributed by atoms with E-state index in [1.807, 2.05) is 0 Å². The van der Waals surface area contributed by atoms with Crippen LogP contribution >= 0.6 is 11.8 Å². The van der Waals surface area contributed by atoms with Crippen molar-refractivity contribution in [3.8, 4) is 0 Å². The molecule has 4 rings (SSSR count). The zero-order valence-corrected chi connectivity index (χ0v) is 15.3. The molecule has 2 saturated heterocycles. The lowest BCUT2D eigenvalue weighted by molar-refractivity contribution is -0.131.